The molecule has 38 heavy (non-hydrogen) atoms. The Bertz CT molecular complexity index is 1480. The number of pyridine rings is 2. The highest BCUT2D eigenvalue weighted by atomic mass is 32.2. The number of nitrogens with one attached hydrogen (secondary N) is 1. The molecule has 0 saturated carbocycles. The molecule has 194 valence electrons. The van der Waals surface area contributed by atoms with E-state index in [1.807, 2.05) is 65.8 Å². The predicted molar refractivity (Wildman–Crippen MR) is 157 cm³/mol. The summed E-state index contributed by atoms with van der Waals surface area (Å²) in [6.07, 6.45) is 5.85. The van der Waals surface area contributed by atoms with Crippen LogP contribution in [-0.4, -0.2) is 50.8 Å². The summed E-state index contributed by atoms with van der Waals surface area (Å²) >= 11 is 5.04. The number of rotatable bonds is 6. The first kappa shape index (κ1) is 25.2. The van der Waals surface area contributed by atoms with Crippen molar-refractivity contribution in [3.8, 4) is 11.5 Å². The first-order valence-electron chi connectivity index (χ1n) is 12.6. The molecule has 2 aliphatic rings. The Hall–Kier alpha value is -3.08. The van der Waals surface area contributed by atoms with Gasteiger partial charge in [0, 0.05) is 54.0 Å². The number of anilines is 1. The number of hydrogen-bond donors (Lipinski definition) is 1. The van der Waals surface area contributed by atoms with Crippen LogP contribution in [0, 0.1) is 5.92 Å². The highest BCUT2D eigenvalue weighted by Crippen LogP contribution is 2.39. The summed E-state index contributed by atoms with van der Waals surface area (Å²) in [5.74, 6) is 3.47. The Balaban J connectivity index is 1.24. The lowest BCUT2D eigenvalue weighted by Crippen LogP contribution is -2.42. The van der Waals surface area contributed by atoms with E-state index in [9.17, 15) is 4.79 Å². The Morgan fingerprint density at radius 3 is 2.95 bits per heavy atom. The van der Waals surface area contributed by atoms with Crippen molar-refractivity contribution >= 4 is 62.0 Å². The van der Waals surface area contributed by atoms with Crippen LogP contribution in [0.2, 0.25) is 0 Å². The number of carbonyl (C=O) groups is 1. The maximum absolute atomic E-state index is 11.9. The molecule has 1 amide bonds. The quantitative estimate of drug-likeness (QED) is 0.278. The number of likely N-dealkylation sites (tertiary alicyclic amines) is 1. The third kappa shape index (κ3) is 5.67. The summed E-state index contributed by atoms with van der Waals surface area (Å²) in [7, 11) is 0. The second kappa shape index (κ2) is 11.3. The van der Waals surface area contributed by atoms with E-state index in [1.54, 1.807) is 41.8 Å². The zero-order valence-corrected chi connectivity index (χ0v) is 23.3. The minimum Gasteiger partial charge on any atom is -0.453 e. The standard InChI is InChI=1S/C28H27N5O2S3/c1-18(34)33-12-5-6-19(16-33)23-17-37-28(31-23)32-27-24(35-20-7-3-2-4-8-20)14-21(15-30-27)38-25-9-11-29-22-10-13-36-26(22)25/h2-4,7-11,13-15,19,23H,5-6,12,16-17H2,1H3,(H,30,31,32). The summed E-state index contributed by atoms with van der Waals surface area (Å²) < 4.78 is 7.46. The number of ether oxygens (including phenoxy) is 1. The van der Waals surface area contributed by atoms with Crippen LogP contribution in [0.1, 0.15) is 19.8 Å². The Labute approximate surface area is 234 Å². The average Bonchev–Trinajstić information content (AvgIpc) is 3.61. The molecule has 2 atom stereocenters. The zero-order chi connectivity index (χ0) is 25.9. The molecule has 0 aliphatic carbocycles. The topological polar surface area (TPSA) is 79.7 Å². The average molecular weight is 562 g/mol. The number of hydrogen-bond acceptors (Lipinski definition) is 9. The van der Waals surface area contributed by atoms with Crippen molar-refractivity contribution in [2.24, 2.45) is 10.9 Å². The van der Waals surface area contributed by atoms with Gasteiger partial charge in [0.15, 0.2) is 16.7 Å². The molecule has 1 saturated heterocycles. The lowest BCUT2D eigenvalue weighted by Gasteiger charge is -2.33. The third-order valence-corrected chi connectivity index (χ3v) is 9.76. The van der Waals surface area contributed by atoms with E-state index in [0.717, 1.165) is 57.9 Å². The van der Waals surface area contributed by atoms with Gasteiger partial charge in [0.2, 0.25) is 5.91 Å². The zero-order valence-electron chi connectivity index (χ0n) is 20.9. The molecular formula is C28H27N5O2S3. The van der Waals surface area contributed by atoms with Crippen molar-refractivity contribution in [2.45, 2.75) is 35.6 Å². The van der Waals surface area contributed by atoms with Gasteiger partial charge in [0.25, 0.3) is 0 Å². The van der Waals surface area contributed by atoms with E-state index in [2.05, 4.69) is 15.7 Å². The Morgan fingerprint density at radius 1 is 1.18 bits per heavy atom. The van der Waals surface area contributed by atoms with Crippen molar-refractivity contribution in [2.75, 3.05) is 24.2 Å². The number of piperidine rings is 1. The minimum absolute atomic E-state index is 0.152. The summed E-state index contributed by atoms with van der Waals surface area (Å²) in [5, 5.41) is 6.34. The van der Waals surface area contributed by atoms with E-state index < -0.39 is 0 Å². The van der Waals surface area contributed by atoms with Crippen LogP contribution in [0.4, 0.5) is 5.82 Å². The second-order valence-electron chi connectivity index (χ2n) is 9.28. The number of amidine groups is 1. The van der Waals surface area contributed by atoms with E-state index >= 15 is 0 Å². The van der Waals surface area contributed by atoms with Gasteiger partial charge in [-0.2, -0.15) is 0 Å². The molecule has 1 aromatic carbocycles. The maximum atomic E-state index is 11.9. The van der Waals surface area contributed by atoms with E-state index in [4.69, 9.17) is 14.7 Å². The molecule has 2 aliphatic heterocycles. The smallest absolute Gasteiger partial charge is 0.219 e. The lowest BCUT2D eigenvalue weighted by molar-refractivity contribution is -0.130. The normalized spacial score (nSPS) is 19.4. The van der Waals surface area contributed by atoms with Crippen LogP contribution in [0.15, 0.2) is 81.1 Å². The molecule has 7 nitrogen and oxygen atoms in total. The molecule has 6 rings (SSSR count). The summed E-state index contributed by atoms with van der Waals surface area (Å²) in [6.45, 7) is 3.30. The number of nitrogens with zero attached hydrogens (tertiary/aromatic N) is 4. The van der Waals surface area contributed by atoms with E-state index in [-0.39, 0.29) is 11.9 Å². The summed E-state index contributed by atoms with van der Waals surface area (Å²) in [6, 6.07) is 16.0. The highest BCUT2D eigenvalue weighted by Gasteiger charge is 2.32. The highest BCUT2D eigenvalue weighted by molar-refractivity contribution is 8.14. The fourth-order valence-electron chi connectivity index (χ4n) is 4.74. The molecule has 1 fully saturated rings. The molecule has 0 spiro atoms. The molecule has 4 aromatic rings. The van der Waals surface area contributed by atoms with Crippen molar-refractivity contribution in [1.82, 2.24) is 14.9 Å². The first-order chi connectivity index (χ1) is 18.6. The van der Waals surface area contributed by atoms with Gasteiger partial charge in [-0.25, -0.2) is 4.98 Å². The summed E-state index contributed by atoms with van der Waals surface area (Å²) in [4.78, 5) is 30.2. The van der Waals surface area contributed by atoms with Gasteiger partial charge in [0.05, 0.1) is 16.3 Å². The van der Waals surface area contributed by atoms with Gasteiger partial charge in [-0.3, -0.25) is 14.8 Å². The number of thioether (sulfide) groups is 1. The van der Waals surface area contributed by atoms with Crippen LogP contribution in [0.3, 0.4) is 0 Å². The van der Waals surface area contributed by atoms with Crippen LogP contribution in [0.25, 0.3) is 10.2 Å². The molecule has 10 heteroatoms. The third-order valence-electron chi connectivity index (χ3n) is 6.68. The van der Waals surface area contributed by atoms with Gasteiger partial charge < -0.3 is 15.0 Å². The van der Waals surface area contributed by atoms with Crippen molar-refractivity contribution in [3.05, 3.63) is 66.3 Å². The fraction of sp³-hybridized carbons (Fsp3) is 0.286. The number of fused-ring (bicyclic) bond motifs is 1. The van der Waals surface area contributed by atoms with Gasteiger partial charge in [-0.1, -0.05) is 41.7 Å². The van der Waals surface area contributed by atoms with Crippen LogP contribution in [-0.2, 0) is 4.79 Å². The summed E-state index contributed by atoms with van der Waals surface area (Å²) in [5.41, 5.74) is 1.00. The SMILES string of the molecule is CC(=O)N1CCCC(C2CSC(Nc3ncc(Sc4ccnc5ccsc45)cc3Oc3ccccc3)=N2)C1. The first-order valence-corrected chi connectivity index (χ1v) is 15.3. The van der Waals surface area contributed by atoms with Crippen LogP contribution in [0.5, 0.6) is 11.5 Å². The Kier molecular flexibility index (Phi) is 7.53. The Morgan fingerprint density at radius 2 is 2.08 bits per heavy atom. The van der Waals surface area contributed by atoms with Crippen molar-refractivity contribution < 1.29 is 9.53 Å². The molecule has 1 N–H and O–H groups in total. The van der Waals surface area contributed by atoms with Crippen molar-refractivity contribution in [3.63, 3.8) is 0 Å². The molecule has 0 bridgehead atoms. The lowest BCUT2D eigenvalue weighted by atomic mass is 9.92. The monoisotopic (exact) mass is 561 g/mol. The number of carbonyl (C=O) groups excluding carboxylic acids is 1. The number of aromatic nitrogens is 2. The number of thiophene rings is 1. The largest absolute Gasteiger partial charge is 0.453 e. The maximum Gasteiger partial charge on any atom is 0.219 e. The van der Waals surface area contributed by atoms with Gasteiger partial charge in [-0.05, 0) is 48.4 Å². The fourth-order valence-corrected chi connectivity index (χ4v) is 7.67. The molecule has 5 heterocycles. The minimum atomic E-state index is 0.152. The number of benzene rings is 1. The molecule has 3 aromatic heterocycles. The predicted octanol–water partition coefficient (Wildman–Crippen LogP) is 6.78. The second-order valence-corrected chi connectivity index (χ2v) is 12.3. The van der Waals surface area contributed by atoms with Crippen molar-refractivity contribution in [1.29, 1.82) is 0 Å². The van der Waals surface area contributed by atoms with E-state index in [0.29, 0.717) is 17.5 Å². The van der Waals surface area contributed by atoms with Crippen LogP contribution < -0.4 is 10.1 Å². The van der Waals surface area contributed by atoms with Gasteiger partial charge >= 0.3 is 0 Å². The number of amides is 1. The molecule has 2 unspecified atom stereocenters. The van der Waals surface area contributed by atoms with E-state index in [1.165, 1.54) is 4.70 Å². The van der Waals surface area contributed by atoms with Gasteiger partial charge in [-0.15, -0.1) is 11.3 Å². The number of para-hydroxylation sites is 1. The molecular weight excluding hydrogens is 535 g/mol. The molecule has 0 radical (unpaired) electrons. The number of aliphatic imine (C=N–C) groups is 1. The van der Waals surface area contributed by atoms with Gasteiger partial charge in [0.1, 0.15) is 5.75 Å². The van der Waals surface area contributed by atoms with Crippen LogP contribution >= 0.6 is 34.9 Å².